The van der Waals surface area contributed by atoms with Gasteiger partial charge in [-0.15, -0.1) is 0 Å². The van der Waals surface area contributed by atoms with Crippen molar-refractivity contribution < 1.29 is 5.11 Å². The van der Waals surface area contributed by atoms with Crippen LogP contribution in [0.25, 0.3) is 6.08 Å². The second-order valence-corrected chi connectivity index (χ2v) is 6.03. The summed E-state index contributed by atoms with van der Waals surface area (Å²) in [5, 5.41) is 10.7. The Hall–Kier alpha value is -1.02. The molecule has 1 nitrogen and oxygen atoms in total. The summed E-state index contributed by atoms with van der Waals surface area (Å²) in [5.74, 6) is 0.425. The summed E-state index contributed by atoms with van der Waals surface area (Å²) >= 11 is 0. The number of benzene rings is 1. The quantitative estimate of drug-likeness (QED) is 0.684. The maximum Gasteiger partial charge on any atom is 0.115 e. The van der Waals surface area contributed by atoms with Crippen LogP contribution in [0.3, 0.4) is 0 Å². The van der Waals surface area contributed by atoms with Crippen molar-refractivity contribution in [2.75, 3.05) is 0 Å². The number of hydrogen-bond donors (Lipinski definition) is 1. The van der Waals surface area contributed by atoms with Gasteiger partial charge in [0.25, 0.3) is 0 Å². The van der Waals surface area contributed by atoms with Crippen LogP contribution in [0, 0.1) is 0 Å². The van der Waals surface area contributed by atoms with E-state index >= 15 is 0 Å². The van der Waals surface area contributed by atoms with Crippen LogP contribution in [-0.4, -0.2) is 13.9 Å². The topological polar surface area (TPSA) is 20.2 Å². The number of hydrogen-bond acceptors (Lipinski definition) is 1. The molecule has 2 heteroatoms. The van der Waals surface area contributed by atoms with E-state index in [-0.39, 0.29) is 0 Å². The van der Waals surface area contributed by atoms with Crippen LogP contribution >= 0.6 is 0 Å². The highest BCUT2D eigenvalue weighted by molar-refractivity contribution is 6.72. The van der Waals surface area contributed by atoms with E-state index < -0.39 is 8.80 Å². The highest BCUT2D eigenvalue weighted by atomic mass is 28.3. The summed E-state index contributed by atoms with van der Waals surface area (Å²) in [6.45, 7) is 8.12. The summed E-state index contributed by atoms with van der Waals surface area (Å²) in [6, 6.07) is 5.59. The first-order valence-corrected chi connectivity index (χ1v) is 6.99. The van der Waals surface area contributed by atoms with E-state index in [2.05, 4.69) is 19.7 Å². The van der Waals surface area contributed by atoms with Crippen molar-refractivity contribution in [3.05, 3.63) is 30.3 Å². The van der Waals surface area contributed by atoms with E-state index in [0.717, 1.165) is 10.8 Å². The summed E-state index contributed by atoms with van der Waals surface area (Å²) in [6.07, 6.45) is 1.81. The molecule has 1 aromatic rings. The van der Waals surface area contributed by atoms with E-state index in [9.17, 15) is 5.11 Å². The summed E-state index contributed by atoms with van der Waals surface area (Å²) in [4.78, 5) is 0. The number of phenols is 1. The molecule has 1 aromatic carbocycles. The molecule has 64 valence electrons. The van der Waals surface area contributed by atoms with Crippen molar-refractivity contribution in [3.63, 3.8) is 0 Å². The zero-order valence-corrected chi connectivity index (χ0v) is 8.70. The Morgan fingerprint density at radius 2 is 2.08 bits per heavy atom. The first-order chi connectivity index (χ1) is 5.66. The fourth-order valence-corrected chi connectivity index (χ4v) is 2.95. The zero-order chi connectivity index (χ0) is 9.14. The van der Waals surface area contributed by atoms with Gasteiger partial charge in [-0.25, -0.2) is 0 Å². The monoisotopic (exact) mass is 178 g/mol. The van der Waals surface area contributed by atoms with Gasteiger partial charge in [0.2, 0.25) is 0 Å². The Morgan fingerprint density at radius 1 is 1.42 bits per heavy atom. The molecule has 0 aromatic heterocycles. The first kappa shape index (κ1) is 9.07. The van der Waals surface area contributed by atoms with Gasteiger partial charge < -0.3 is 5.11 Å². The minimum absolute atomic E-state index is 0.425. The van der Waals surface area contributed by atoms with Crippen LogP contribution in [0.5, 0.6) is 5.75 Å². The normalized spacial score (nSPS) is 10.2. The van der Waals surface area contributed by atoms with Gasteiger partial charge in [-0.05, 0) is 16.8 Å². The SMILES string of the molecule is C=Cc1cccc(O)c1[SiH](C)C. The predicted octanol–water partition coefficient (Wildman–Crippen LogP) is 1.73. The molecule has 0 fully saturated rings. The van der Waals surface area contributed by atoms with Gasteiger partial charge in [-0.3, -0.25) is 0 Å². The van der Waals surface area contributed by atoms with Gasteiger partial charge in [0, 0.05) is 0 Å². The lowest BCUT2D eigenvalue weighted by molar-refractivity contribution is 0.479. The molecule has 0 amide bonds. The van der Waals surface area contributed by atoms with Gasteiger partial charge in [0.1, 0.15) is 5.75 Å². The van der Waals surface area contributed by atoms with Gasteiger partial charge in [-0.1, -0.05) is 37.9 Å². The molecular formula is C10H14OSi. The molecule has 0 heterocycles. The second-order valence-electron chi connectivity index (χ2n) is 3.14. The molecule has 0 saturated heterocycles. The number of aromatic hydroxyl groups is 1. The molecule has 0 atom stereocenters. The molecule has 0 aliphatic carbocycles. The van der Waals surface area contributed by atoms with E-state index in [0.29, 0.717) is 5.75 Å². The van der Waals surface area contributed by atoms with Crippen LogP contribution in [0.1, 0.15) is 5.56 Å². The smallest absolute Gasteiger partial charge is 0.115 e. The van der Waals surface area contributed by atoms with Crippen LogP contribution in [0.15, 0.2) is 24.8 Å². The molecule has 1 rings (SSSR count). The average molecular weight is 178 g/mol. The van der Waals surface area contributed by atoms with Crippen LogP contribution < -0.4 is 5.19 Å². The Bertz CT molecular complexity index is 292. The van der Waals surface area contributed by atoms with Crippen LogP contribution in [0.4, 0.5) is 0 Å². The van der Waals surface area contributed by atoms with Crippen molar-refractivity contribution >= 4 is 20.1 Å². The first-order valence-electron chi connectivity index (χ1n) is 4.11. The fraction of sp³-hybridized carbons (Fsp3) is 0.200. The Morgan fingerprint density at radius 3 is 2.50 bits per heavy atom. The Labute approximate surface area is 75.0 Å². The second kappa shape index (κ2) is 3.58. The summed E-state index contributed by atoms with van der Waals surface area (Å²) in [7, 11) is -0.946. The molecule has 12 heavy (non-hydrogen) atoms. The van der Waals surface area contributed by atoms with Gasteiger partial charge in [0.15, 0.2) is 0 Å². The van der Waals surface area contributed by atoms with Gasteiger partial charge in [-0.2, -0.15) is 0 Å². The molecule has 0 spiro atoms. The molecule has 0 saturated carbocycles. The average Bonchev–Trinajstić information content (AvgIpc) is 2.03. The molecule has 0 radical (unpaired) electrons. The van der Waals surface area contributed by atoms with Crippen LogP contribution in [0.2, 0.25) is 13.1 Å². The summed E-state index contributed by atoms with van der Waals surface area (Å²) in [5.41, 5.74) is 1.08. The lowest BCUT2D eigenvalue weighted by Gasteiger charge is -2.10. The van der Waals surface area contributed by atoms with E-state index in [1.54, 1.807) is 6.07 Å². The van der Waals surface area contributed by atoms with E-state index in [4.69, 9.17) is 0 Å². The van der Waals surface area contributed by atoms with Gasteiger partial charge in [0.05, 0.1) is 8.80 Å². The fourth-order valence-electron chi connectivity index (χ4n) is 1.38. The number of phenolic OH excluding ortho intramolecular Hbond substituents is 1. The third kappa shape index (κ3) is 1.59. The minimum atomic E-state index is -0.946. The van der Waals surface area contributed by atoms with Gasteiger partial charge >= 0.3 is 0 Å². The molecular weight excluding hydrogens is 164 g/mol. The largest absolute Gasteiger partial charge is 0.508 e. The van der Waals surface area contributed by atoms with Crippen molar-refractivity contribution in [3.8, 4) is 5.75 Å². The molecule has 0 unspecified atom stereocenters. The van der Waals surface area contributed by atoms with Crippen LogP contribution in [-0.2, 0) is 0 Å². The molecule has 0 aliphatic rings. The molecule has 1 N–H and O–H groups in total. The van der Waals surface area contributed by atoms with Crippen molar-refractivity contribution in [1.29, 1.82) is 0 Å². The van der Waals surface area contributed by atoms with Crippen molar-refractivity contribution in [1.82, 2.24) is 0 Å². The molecule has 0 aliphatic heterocycles. The van der Waals surface area contributed by atoms with Crippen molar-refractivity contribution in [2.45, 2.75) is 13.1 Å². The standard InChI is InChI=1S/C10H14OSi/c1-4-8-6-5-7-9(11)10(8)12(2)3/h4-7,11-12H,1H2,2-3H3. The maximum atomic E-state index is 9.58. The Kier molecular flexibility index (Phi) is 2.71. The minimum Gasteiger partial charge on any atom is -0.508 e. The van der Waals surface area contributed by atoms with E-state index in [1.165, 1.54) is 0 Å². The number of rotatable bonds is 2. The molecule has 0 bridgehead atoms. The third-order valence-corrected chi connectivity index (χ3v) is 3.70. The lowest BCUT2D eigenvalue weighted by atomic mass is 10.2. The predicted molar refractivity (Wildman–Crippen MR) is 56.7 cm³/mol. The Balaban J connectivity index is 3.29. The summed E-state index contributed by atoms with van der Waals surface area (Å²) < 4.78 is 0. The van der Waals surface area contributed by atoms with E-state index in [1.807, 2.05) is 18.2 Å². The highest BCUT2D eigenvalue weighted by Gasteiger charge is 2.09. The van der Waals surface area contributed by atoms with Crippen molar-refractivity contribution in [2.24, 2.45) is 0 Å². The zero-order valence-electron chi connectivity index (χ0n) is 7.54. The third-order valence-electron chi connectivity index (χ3n) is 1.91. The maximum absolute atomic E-state index is 9.58. The highest BCUT2D eigenvalue weighted by Crippen LogP contribution is 2.10. The lowest BCUT2D eigenvalue weighted by Crippen LogP contribution is -2.25.